The average Bonchev–Trinajstić information content (AvgIpc) is 3.19. The number of carbonyl (C=O) groups excluding carboxylic acids is 1. The number of rotatable bonds is 5. The summed E-state index contributed by atoms with van der Waals surface area (Å²) < 4.78 is 5.35. The summed E-state index contributed by atoms with van der Waals surface area (Å²) in [4.78, 5) is 21.3. The lowest BCUT2D eigenvalue weighted by atomic mass is 10.1. The predicted octanol–water partition coefficient (Wildman–Crippen LogP) is 2.79. The first-order valence-electron chi connectivity index (χ1n) is 9.23. The number of carbonyl (C=O) groups is 1. The van der Waals surface area contributed by atoms with Crippen LogP contribution in [0.4, 0.5) is 0 Å². The SMILES string of the molecule is CCNC(=NCc1ccco1)N1CCN(C(=O)Cc2cccc(Cl)c2)CC1. The quantitative estimate of drug-likeness (QED) is 0.632. The van der Waals surface area contributed by atoms with Crippen molar-refractivity contribution in [2.45, 2.75) is 19.9 Å². The number of hydrogen-bond donors (Lipinski definition) is 1. The molecule has 144 valence electrons. The zero-order valence-electron chi connectivity index (χ0n) is 15.5. The summed E-state index contributed by atoms with van der Waals surface area (Å²) in [6.07, 6.45) is 2.04. The fraction of sp³-hybridized carbons (Fsp3) is 0.400. The maximum Gasteiger partial charge on any atom is 0.227 e. The van der Waals surface area contributed by atoms with Crippen LogP contribution in [0.2, 0.25) is 5.02 Å². The van der Waals surface area contributed by atoms with Crippen molar-refractivity contribution in [3.05, 3.63) is 59.0 Å². The fourth-order valence-electron chi connectivity index (χ4n) is 3.08. The molecule has 1 amide bonds. The molecule has 1 aliphatic heterocycles. The topological polar surface area (TPSA) is 61.1 Å². The lowest BCUT2D eigenvalue weighted by Gasteiger charge is -2.36. The van der Waals surface area contributed by atoms with E-state index in [4.69, 9.17) is 16.0 Å². The standard InChI is InChI=1S/C20H25ClN4O2/c1-2-22-20(23-15-18-7-4-12-27-18)25-10-8-24(9-11-25)19(26)14-16-5-3-6-17(21)13-16/h3-7,12-13H,2,8-11,14-15H2,1H3,(H,22,23). The van der Waals surface area contributed by atoms with E-state index in [1.54, 1.807) is 6.26 Å². The molecule has 27 heavy (non-hydrogen) atoms. The molecule has 0 spiro atoms. The Kier molecular flexibility index (Phi) is 6.76. The van der Waals surface area contributed by atoms with E-state index < -0.39 is 0 Å². The van der Waals surface area contributed by atoms with E-state index in [9.17, 15) is 4.79 Å². The molecule has 0 radical (unpaired) electrons. The van der Waals surface area contributed by atoms with Gasteiger partial charge in [0.15, 0.2) is 5.96 Å². The number of piperazine rings is 1. The van der Waals surface area contributed by atoms with Crippen molar-refractivity contribution in [3.8, 4) is 0 Å². The number of furan rings is 1. The van der Waals surface area contributed by atoms with Gasteiger partial charge < -0.3 is 19.5 Å². The number of amides is 1. The first kappa shape index (κ1) is 19.3. The fourth-order valence-corrected chi connectivity index (χ4v) is 3.30. The predicted molar refractivity (Wildman–Crippen MR) is 107 cm³/mol. The second kappa shape index (κ2) is 9.46. The molecule has 0 unspecified atom stereocenters. The van der Waals surface area contributed by atoms with Gasteiger partial charge in [-0.25, -0.2) is 4.99 Å². The van der Waals surface area contributed by atoms with E-state index in [2.05, 4.69) is 15.2 Å². The molecule has 0 aliphatic carbocycles. The Balaban J connectivity index is 1.54. The molecule has 1 aromatic heterocycles. The minimum absolute atomic E-state index is 0.134. The molecule has 1 aromatic carbocycles. The van der Waals surface area contributed by atoms with Gasteiger partial charge in [-0.3, -0.25) is 4.79 Å². The zero-order valence-corrected chi connectivity index (χ0v) is 16.3. The highest BCUT2D eigenvalue weighted by atomic mass is 35.5. The van der Waals surface area contributed by atoms with Crippen LogP contribution < -0.4 is 5.32 Å². The largest absolute Gasteiger partial charge is 0.467 e. The van der Waals surface area contributed by atoms with Crippen molar-refractivity contribution in [1.82, 2.24) is 15.1 Å². The number of halogens is 1. The van der Waals surface area contributed by atoms with Crippen molar-refractivity contribution in [2.75, 3.05) is 32.7 Å². The van der Waals surface area contributed by atoms with Gasteiger partial charge in [-0.15, -0.1) is 0 Å². The Bertz CT molecular complexity index is 768. The molecule has 0 bridgehead atoms. The van der Waals surface area contributed by atoms with Gasteiger partial charge in [0.2, 0.25) is 5.91 Å². The Labute approximate surface area is 164 Å². The summed E-state index contributed by atoms with van der Waals surface area (Å²) in [7, 11) is 0. The number of benzene rings is 1. The monoisotopic (exact) mass is 388 g/mol. The van der Waals surface area contributed by atoms with E-state index in [0.717, 1.165) is 36.9 Å². The van der Waals surface area contributed by atoms with E-state index in [1.807, 2.05) is 48.2 Å². The summed E-state index contributed by atoms with van der Waals surface area (Å²) in [6, 6.07) is 11.3. The molecule has 2 heterocycles. The van der Waals surface area contributed by atoms with Gasteiger partial charge >= 0.3 is 0 Å². The van der Waals surface area contributed by atoms with Gasteiger partial charge in [-0.2, -0.15) is 0 Å². The molecule has 0 atom stereocenters. The third-order valence-corrected chi connectivity index (χ3v) is 4.71. The summed E-state index contributed by atoms with van der Waals surface area (Å²) >= 11 is 6.01. The number of aliphatic imine (C=N–C) groups is 1. The van der Waals surface area contributed by atoms with Crippen LogP contribution in [0, 0.1) is 0 Å². The molecule has 1 fully saturated rings. The molecule has 7 heteroatoms. The minimum atomic E-state index is 0.134. The van der Waals surface area contributed by atoms with Crippen molar-refractivity contribution in [1.29, 1.82) is 0 Å². The molecule has 1 N–H and O–H groups in total. The molecule has 1 aliphatic rings. The average molecular weight is 389 g/mol. The summed E-state index contributed by atoms with van der Waals surface area (Å²) in [5, 5.41) is 3.98. The Morgan fingerprint density at radius 3 is 2.63 bits per heavy atom. The lowest BCUT2D eigenvalue weighted by molar-refractivity contribution is -0.131. The molecule has 3 rings (SSSR count). The first-order valence-corrected chi connectivity index (χ1v) is 9.61. The van der Waals surface area contributed by atoms with Gasteiger partial charge in [0.05, 0.1) is 12.7 Å². The van der Waals surface area contributed by atoms with Crippen LogP contribution in [0.1, 0.15) is 18.2 Å². The number of hydrogen-bond acceptors (Lipinski definition) is 3. The van der Waals surface area contributed by atoms with Crippen molar-refractivity contribution in [2.24, 2.45) is 4.99 Å². The molecule has 0 saturated carbocycles. The highest BCUT2D eigenvalue weighted by Gasteiger charge is 2.23. The van der Waals surface area contributed by atoms with E-state index in [1.165, 1.54) is 0 Å². The summed E-state index contributed by atoms with van der Waals surface area (Å²) in [5.74, 6) is 1.83. The second-order valence-electron chi connectivity index (χ2n) is 6.42. The maximum absolute atomic E-state index is 12.6. The van der Waals surface area contributed by atoms with Crippen LogP contribution >= 0.6 is 11.6 Å². The van der Waals surface area contributed by atoms with E-state index >= 15 is 0 Å². The zero-order chi connectivity index (χ0) is 19.1. The number of guanidine groups is 1. The Morgan fingerprint density at radius 2 is 1.96 bits per heavy atom. The van der Waals surface area contributed by atoms with Crippen molar-refractivity contribution in [3.63, 3.8) is 0 Å². The second-order valence-corrected chi connectivity index (χ2v) is 6.86. The number of nitrogens with zero attached hydrogens (tertiary/aromatic N) is 3. The first-order chi connectivity index (χ1) is 13.2. The van der Waals surface area contributed by atoms with Crippen LogP contribution in [-0.2, 0) is 17.8 Å². The van der Waals surface area contributed by atoms with Gasteiger partial charge in [0.25, 0.3) is 0 Å². The summed E-state index contributed by atoms with van der Waals surface area (Å²) in [5.41, 5.74) is 0.947. The minimum Gasteiger partial charge on any atom is -0.467 e. The van der Waals surface area contributed by atoms with Crippen molar-refractivity contribution < 1.29 is 9.21 Å². The maximum atomic E-state index is 12.6. The van der Waals surface area contributed by atoms with Gasteiger partial charge in [-0.1, -0.05) is 23.7 Å². The molecule has 2 aromatic rings. The van der Waals surface area contributed by atoms with Crippen LogP contribution in [0.15, 0.2) is 52.1 Å². The van der Waals surface area contributed by atoms with E-state index in [-0.39, 0.29) is 5.91 Å². The highest BCUT2D eigenvalue weighted by Crippen LogP contribution is 2.13. The normalized spacial score (nSPS) is 15.1. The smallest absolute Gasteiger partial charge is 0.227 e. The third-order valence-electron chi connectivity index (χ3n) is 4.48. The lowest BCUT2D eigenvalue weighted by Crippen LogP contribution is -2.54. The highest BCUT2D eigenvalue weighted by molar-refractivity contribution is 6.30. The van der Waals surface area contributed by atoms with E-state index in [0.29, 0.717) is 31.1 Å². The van der Waals surface area contributed by atoms with Gasteiger partial charge in [0.1, 0.15) is 12.3 Å². The molecule has 1 saturated heterocycles. The Morgan fingerprint density at radius 1 is 1.19 bits per heavy atom. The van der Waals surface area contributed by atoms with Crippen LogP contribution in [0.25, 0.3) is 0 Å². The van der Waals surface area contributed by atoms with Crippen LogP contribution in [0.3, 0.4) is 0 Å². The third kappa shape index (κ3) is 5.50. The van der Waals surface area contributed by atoms with Gasteiger partial charge in [0, 0.05) is 37.7 Å². The molecule has 6 nitrogen and oxygen atoms in total. The van der Waals surface area contributed by atoms with Gasteiger partial charge in [-0.05, 0) is 36.8 Å². The summed E-state index contributed by atoms with van der Waals surface area (Å²) in [6.45, 7) is 6.23. The Hall–Kier alpha value is -2.47. The van der Waals surface area contributed by atoms with Crippen LogP contribution in [-0.4, -0.2) is 54.4 Å². The van der Waals surface area contributed by atoms with Crippen molar-refractivity contribution >= 4 is 23.5 Å². The number of nitrogens with one attached hydrogen (secondary N) is 1. The van der Waals surface area contributed by atoms with Crippen LogP contribution in [0.5, 0.6) is 0 Å². The molecular weight excluding hydrogens is 364 g/mol. The molecular formula is C20H25ClN4O2.